The number of aryl methyl sites for hydroxylation is 1. The van der Waals surface area contributed by atoms with Crippen molar-refractivity contribution in [1.82, 2.24) is 14.5 Å². The number of hydrogen-bond acceptors (Lipinski definition) is 4. The van der Waals surface area contributed by atoms with Crippen LogP contribution in [0.3, 0.4) is 0 Å². The lowest BCUT2D eigenvalue weighted by Gasteiger charge is -2.16. The lowest BCUT2D eigenvalue weighted by Crippen LogP contribution is -2.19. The van der Waals surface area contributed by atoms with Crippen molar-refractivity contribution in [2.24, 2.45) is 0 Å². The van der Waals surface area contributed by atoms with Crippen LogP contribution >= 0.6 is 0 Å². The van der Waals surface area contributed by atoms with Crippen LogP contribution in [-0.4, -0.2) is 34.5 Å². The molecule has 0 aliphatic rings. The summed E-state index contributed by atoms with van der Waals surface area (Å²) in [5, 5.41) is 2.90. The Morgan fingerprint density at radius 1 is 1.08 bits per heavy atom. The van der Waals surface area contributed by atoms with E-state index in [1.54, 1.807) is 12.5 Å². The van der Waals surface area contributed by atoms with Crippen LogP contribution < -0.4 is 10.2 Å². The first-order valence-corrected chi connectivity index (χ1v) is 8.02. The van der Waals surface area contributed by atoms with E-state index in [0.29, 0.717) is 5.69 Å². The van der Waals surface area contributed by atoms with Gasteiger partial charge in [-0.15, -0.1) is 0 Å². The number of rotatable bonds is 4. The Morgan fingerprint density at radius 2 is 1.80 bits per heavy atom. The molecule has 0 atom stereocenters. The highest BCUT2D eigenvalue weighted by Gasteiger charge is 2.14. The largest absolute Gasteiger partial charge is 0.376 e. The van der Waals surface area contributed by atoms with Crippen molar-refractivity contribution in [2.75, 3.05) is 24.3 Å². The fourth-order valence-corrected chi connectivity index (χ4v) is 2.59. The minimum absolute atomic E-state index is 0.230. The van der Waals surface area contributed by atoms with Crippen LogP contribution in [0.5, 0.6) is 0 Å². The van der Waals surface area contributed by atoms with E-state index in [1.165, 1.54) is 0 Å². The normalized spacial score (nSPS) is 10.6. The smallest absolute Gasteiger partial charge is 0.276 e. The molecule has 2 aromatic heterocycles. The number of carbonyl (C=O) groups is 1. The molecule has 3 rings (SSSR count). The topological polar surface area (TPSA) is 63.1 Å². The minimum atomic E-state index is -0.230. The van der Waals surface area contributed by atoms with E-state index < -0.39 is 0 Å². The van der Waals surface area contributed by atoms with E-state index in [1.807, 2.05) is 73.8 Å². The monoisotopic (exact) mass is 335 g/mol. The second-order valence-electron chi connectivity index (χ2n) is 6.05. The van der Waals surface area contributed by atoms with Crippen LogP contribution in [0.15, 0.2) is 48.9 Å². The van der Waals surface area contributed by atoms with Crippen LogP contribution in [0.4, 0.5) is 11.4 Å². The lowest BCUT2D eigenvalue weighted by atomic mass is 10.2. The molecular formula is C19H21N5O. The maximum absolute atomic E-state index is 12.5. The number of carbonyl (C=O) groups excluding carboxylic acids is 1. The zero-order valence-electron chi connectivity index (χ0n) is 14.8. The summed E-state index contributed by atoms with van der Waals surface area (Å²) in [4.78, 5) is 22.9. The number of pyridine rings is 1. The van der Waals surface area contributed by atoms with Crippen LogP contribution in [0.1, 0.15) is 21.9 Å². The van der Waals surface area contributed by atoms with Crippen molar-refractivity contribution in [3.05, 3.63) is 66.0 Å². The van der Waals surface area contributed by atoms with E-state index in [2.05, 4.69) is 15.3 Å². The fraction of sp³-hybridized carbons (Fsp3) is 0.211. The molecule has 25 heavy (non-hydrogen) atoms. The van der Waals surface area contributed by atoms with Gasteiger partial charge in [0, 0.05) is 37.4 Å². The van der Waals surface area contributed by atoms with Gasteiger partial charge in [-0.3, -0.25) is 4.79 Å². The molecule has 0 radical (unpaired) electrons. The Balaban J connectivity index is 1.80. The van der Waals surface area contributed by atoms with E-state index in [0.717, 1.165) is 28.5 Å². The van der Waals surface area contributed by atoms with Crippen LogP contribution in [0.25, 0.3) is 5.69 Å². The van der Waals surface area contributed by atoms with Crippen molar-refractivity contribution in [3.63, 3.8) is 0 Å². The quantitative estimate of drug-likeness (QED) is 0.795. The van der Waals surface area contributed by atoms with Crippen molar-refractivity contribution in [1.29, 1.82) is 0 Å². The molecule has 1 N–H and O–H groups in total. The van der Waals surface area contributed by atoms with Gasteiger partial charge in [0.1, 0.15) is 0 Å². The van der Waals surface area contributed by atoms with Gasteiger partial charge in [-0.05, 0) is 50.2 Å². The summed E-state index contributed by atoms with van der Waals surface area (Å²) >= 11 is 0. The first-order chi connectivity index (χ1) is 12.0. The molecule has 6 heteroatoms. The number of nitrogens with zero attached hydrogens (tertiary/aromatic N) is 4. The van der Waals surface area contributed by atoms with Crippen molar-refractivity contribution in [3.8, 4) is 5.69 Å². The van der Waals surface area contributed by atoms with Gasteiger partial charge >= 0.3 is 0 Å². The molecule has 0 fully saturated rings. The van der Waals surface area contributed by atoms with Crippen LogP contribution in [0, 0.1) is 13.8 Å². The second kappa shape index (κ2) is 6.76. The number of aromatic nitrogens is 3. The highest BCUT2D eigenvalue weighted by atomic mass is 16.1. The molecule has 2 heterocycles. The van der Waals surface area contributed by atoms with Gasteiger partial charge in [-0.1, -0.05) is 0 Å². The van der Waals surface area contributed by atoms with Crippen molar-refractivity contribution < 1.29 is 4.79 Å². The summed E-state index contributed by atoms with van der Waals surface area (Å²) in [6.07, 6.45) is 3.42. The number of anilines is 2. The number of imidazole rings is 1. The van der Waals surface area contributed by atoms with Gasteiger partial charge in [-0.2, -0.15) is 0 Å². The first kappa shape index (κ1) is 16.7. The summed E-state index contributed by atoms with van der Waals surface area (Å²) < 4.78 is 2.02. The number of amides is 1. The molecule has 0 spiro atoms. The number of hydrogen-bond donors (Lipinski definition) is 1. The van der Waals surface area contributed by atoms with Gasteiger partial charge in [0.2, 0.25) is 0 Å². The molecule has 0 saturated heterocycles. The fourth-order valence-electron chi connectivity index (χ4n) is 2.59. The third kappa shape index (κ3) is 3.38. The average molecular weight is 335 g/mol. The zero-order chi connectivity index (χ0) is 18.0. The maximum Gasteiger partial charge on any atom is 0.276 e. The third-order valence-corrected chi connectivity index (χ3v) is 4.14. The molecule has 0 aliphatic carbocycles. The Kier molecular flexibility index (Phi) is 4.52. The Bertz CT molecular complexity index is 896. The molecule has 0 saturated carbocycles. The first-order valence-electron chi connectivity index (χ1n) is 8.02. The van der Waals surface area contributed by atoms with Crippen molar-refractivity contribution in [2.45, 2.75) is 13.8 Å². The van der Waals surface area contributed by atoms with E-state index in [4.69, 9.17) is 0 Å². The predicted octanol–water partition coefficient (Wildman–Crippen LogP) is 3.20. The Labute approximate surface area is 147 Å². The SMILES string of the molecule is Cc1ncn(-c2ccc(NC(=O)c3ncccc3N(C)C)cc2)c1C. The predicted molar refractivity (Wildman–Crippen MR) is 99.6 cm³/mol. The standard InChI is InChI=1S/C19H21N5O/c1-13-14(2)24(12-21-13)16-9-7-15(8-10-16)22-19(25)18-17(23(3)4)6-5-11-20-18/h5-12H,1-4H3,(H,22,25). The van der Waals surface area contributed by atoms with Gasteiger partial charge in [0.05, 0.1) is 17.7 Å². The Hall–Kier alpha value is -3.15. The molecule has 0 bridgehead atoms. The summed E-state index contributed by atoms with van der Waals surface area (Å²) in [7, 11) is 3.77. The molecule has 0 aliphatic heterocycles. The molecule has 1 aromatic carbocycles. The van der Waals surface area contributed by atoms with Crippen LogP contribution in [0.2, 0.25) is 0 Å². The zero-order valence-corrected chi connectivity index (χ0v) is 14.8. The molecule has 6 nitrogen and oxygen atoms in total. The summed E-state index contributed by atoms with van der Waals surface area (Å²) in [6, 6.07) is 11.3. The Morgan fingerprint density at radius 3 is 2.40 bits per heavy atom. The van der Waals surface area contributed by atoms with Gasteiger partial charge in [-0.25, -0.2) is 9.97 Å². The minimum Gasteiger partial charge on any atom is -0.376 e. The molecule has 0 unspecified atom stereocenters. The molecule has 1 amide bonds. The average Bonchev–Trinajstić information content (AvgIpc) is 2.95. The summed E-state index contributed by atoms with van der Waals surface area (Å²) in [6.45, 7) is 4.01. The van der Waals surface area contributed by atoms with E-state index in [-0.39, 0.29) is 5.91 Å². The molecular weight excluding hydrogens is 314 g/mol. The summed E-state index contributed by atoms with van der Waals surface area (Å²) in [5.41, 5.74) is 5.00. The van der Waals surface area contributed by atoms with Gasteiger partial charge < -0.3 is 14.8 Å². The van der Waals surface area contributed by atoms with E-state index >= 15 is 0 Å². The number of benzene rings is 1. The molecule has 128 valence electrons. The third-order valence-electron chi connectivity index (χ3n) is 4.14. The summed E-state index contributed by atoms with van der Waals surface area (Å²) in [5.74, 6) is -0.230. The van der Waals surface area contributed by atoms with Crippen LogP contribution in [-0.2, 0) is 0 Å². The highest BCUT2D eigenvalue weighted by molar-refractivity contribution is 6.06. The second-order valence-corrected chi connectivity index (χ2v) is 6.05. The lowest BCUT2D eigenvalue weighted by molar-refractivity contribution is 0.102. The number of nitrogens with one attached hydrogen (secondary N) is 1. The maximum atomic E-state index is 12.5. The van der Waals surface area contributed by atoms with Crippen molar-refractivity contribution >= 4 is 17.3 Å². The van der Waals surface area contributed by atoms with E-state index in [9.17, 15) is 4.79 Å². The molecule has 3 aromatic rings. The van der Waals surface area contributed by atoms with Gasteiger partial charge in [0.25, 0.3) is 5.91 Å². The van der Waals surface area contributed by atoms with Gasteiger partial charge in [0.15, 0.2) is 5.69 Å². The highest BCUT2D eigenvalue weighted by Crippen LogP contribution is 2.19.